The molecule has 0 fully saturated rings. The molecule has 0 saturated carbocycles. The van der Waals surface area contributed by atoms with Gasteiger partial charge in [-0.25, -0.2) is 0 Å². The normalized spacial score (nSPS) is 12.7. The fourth-order valence-corrected chi connectivity index (χ4v) is 8.05. The van der Waals surface area contributed by atoms with Crippen LogP contribution in [0.1, 0.15) is 284 Å². The molecule has 0 radical (unpaired) electrons. The highest BCUT2D eigenvalue weighted by Gasteiger charge is 2.18. The number of carbonyl (C=O) groups is 2. The number of unbranched alkanes of at least 4 members (excludes halogenated alkanes) is 37. The third-order valence-electron chi connectivity index (χ3n) is 12.1. The van der Waals surface area contributed by atoms with Crippen LogP contribution in [0.2, 0.25) is 0 Å². The van der Waals surface area contributed by atoms with Gasteiger partial charge in [-0.2, -0.15) is 0 Å². The minimum Gasteiger partial charge on any atom is -0.466 e. The molecule has 0 aromatic rings. The van der Waals surface area contributed by atoms with Gasteiger partial charge in [0.1, 0.15) is 0 Å². The molecule has 0 saturated heterocycles. The first kappa shape index (κ1) is 56.6. The van der Waals surface area contributed by atoms with Gasteiger partial charge in [0.05, 0.1) is 25.4 Å². The van der Waals surface area contributed by atoms with E-state index in [1.54, 1.807) is 6.08 Å². The van der Waals surface area contributed by atoms with Gasteiger partial charge < -0.3 is 20.3 Å². The van der Waals surface area contributed by atoms with Crippen molar-refractivity contribution >= 4 is 11.9 Å². The number of amides is 1. The lowest BCUT2D eigenvalue weighted by molar-refractivity contribution is -0.143. The third kappa shape index (κ3) is 44.2. The quantitative estimate of drug-likeness (QED) is 0.0323. The smallest absolute Gasteiger partial charge is 0.305 e. The summed E-state index contributed by atoms with van der Waals surface area (Å²) in [5.41, 5.74) is 0. The maximum absolute atomic E-state index is 12.4. The maximum Gasteiger partial charge on any atom is 0.305 e. The minimum atomic E-state index is -0.846. The Morgan fingerprint density at radius 1 is 0.466 bits per heavy atom. The topological polar surface area (TPSA) is 95.9 Å². The molecular formula is C52H101NO5. The van der Waals surface area contributed by atoms with Crippen molar-refractivity contribution in [1.82, 2.24) is 5.32 Å². The highest BCUT2D eigenvalue weighted by Crippen LogP contribution is 2.16. The average Bonchev–Trinajstić information content (AvgIpc) is 3.22. The van der Waals surface area contributed by atoms with Crippen molar-refractivity contribution in [2.24, 2.45) is 0 Å². The van der Waals surface area contributed by atoms with Crippen molar-refractivity contribution in [2.45, 2.75) is 296 Å². The predicted octanol–water partition coefficient (Wildman–Crippen LogP) is 15.3. The molecule has 0 aliphatic heterocycles. The number of allylic oxidation sites excluding steroid dienone is 1. The number of aliphatic hydroxyl groups excluding tert-OH is 2. The number of nitrogens with one attached hydrogen (secondary N) is 1. The Morgan fingerprint density at radius 2 is 0.793 bits per heavy atom. The van der Waals surface area contributed by atoms with Gasteiger partial charge in [0, 0.05) is 12.8 Å². The van der Waals surface area contributed by atoms with E-state index in [1.165, 1.54) is 212 Å². The highest BCUT2D eigenvalue weighted by molar-refractivity contribution is 5.76. The van der Waals surface area contributed by atoms with Crippen LogP contribution in [-0.2, 0) is 14.3 Å². The first-order valence-electron chi connectivity index (χ1n) is 26.0. The number of aliphatic hydroxyl groups is 2. The summed E-state index contributed by atoms with van der Waals surface area (Å²) in [6, 6.07) is -0.631. The Labute approximate surface area is 361 Å². The third-order valence-corrected chi connectivity index (χ3v) is 12.1. The molecule has 1 amide bonds. The van der Waals surface area contributed by atoms with Crippen LogP contribution >= 0.6 is 0 Å². The molecule has 6 heteroatoms. The number of rotatable bonds is 48. The fraction of sp³-hybridized carbons (Fsp3) is 0.923. The van der Waals surface area contributed by atoms with Crippen molar-refractivity contribution in [2.75, 3.05) is 13.2 Å². The number of hydrogen-bond donors (Lipinski definition) is 3. The predicted molar refractivity (Wildman–Crippen MR) is 250 cm³/mol. The zero-order valence-corrected chi connectivity index (χ0v) is 39.0. The number of hydrogen-bond acceptors (Lipinski definition) is 5. The van der Waals surface area contributed by atoms with Crippen LogP contribution in [-0.4, -0.2) is 47.4 Å². The molecule has 6 nitrogen and oxygen atoms in total. The monoisotopic (exact) mass is 820 g/mol. The standard InChI is InChI=1S/C52H101NO5/c1-3-5-7-9-11-13-14-15-16-17-20-23-26-30-34-38-42-46-52(57)58-47-43-39-35-31-27-24-21-18-19-22-25-29-33-37-41-45-51(56)53-49(48-54)50(55)44-40-36-32-28-12-10-8-6-4-2/h40,44,49-50,54-55H,3-39,41-43,45-48H2,1-2H3,(H,53,56)/b44-40+. The summed E-state index contributed by atoms with van der Waals surface area (Å²) < 4.78 is 5.48. The number of carbonyl (C=O) groups excluding carboxylic acids is 2. The Kier molecular flexibility index (Phi) is 47.1. The zero-order chi connectivity index (χ0) is 42.3. The van der Waals surface area contributed by atoms with E-state index in [0.29, 0.717) is 19.4 Å². The Morgan fingerprint density at radius 3 is 1.17 bits per heavy atom. The second-order valence-electron chi connectivity index (χ2n) is 17.9. The SMILES string of the molecule is CCCCCCCCC/C=C/C(O)C(CO)NC(=O)CCCCCCCCCCCCCCCCCOC(=O)CCCCCCCCCCCCCCCCCCC. The Bertz CT molecular complexity index is 863. The summed E-state index contributed by atoms with van der Waals surface area (Å²) in [7, 11) is 0. The molecule has 0 rings (SSSR count). The van der Waals surface area contributed by atoms with Gasteiger partial charge >= 0.3 is 5.97 Å². The average molecular weight is 820 g/mol. The molecule has 0 aliphatic rings. The van der Waals surface area contributed by atoms with Gasteiger partial charge in [-0.15, -0.1) is 0 Å². The first-order valence-corrected chi connectivity index (χ1v) is 26.0. The van der Waals surface area contributed by atoms with Gasteiger partial charge in [0.25, 0.3) is 0 Å². The molecular weight excluding hydrogens is 719 g/mol. The van der Waals surface area contributed by atoms with E-state index in [9.17, 15) is 19.8 Å². The van der Waals surface area contributed by atoms with E-state index < -0.39 is 12.1 Å². The second-order valence-corrected chi connectivity index (χ2v) is 17.9. The van der Waals surface area contributed by atoms with Crippen molar-refractivity contribution in [3.63, 3.8) is 0 Å². The zero-order valence-electron chi connectivity index (χ0n) is 39.0. The summed E-state index contributed by atoms with van der Waals surface area (Å²) in [6.07, 6.45) is 55.1. The lowest BCUT2D eigenvalue weighted by atomic mass is 10.0. The molecule has 0 bridgehead atoms. The summed E-state index contributed by atoms with van der Waals surface area (Å²) in [4.78, 5) is 24.4. The number of ether oxygens (including phenoxy) is 1. The van der Waals surface area contributed by atoms with Gasteiger partial charge in [-0.1, -0.05) is 251 Å². The van der Waals surface area contributed by atoms with Crippen LogP contribution in [0.5, 0.6) is 0 Å². The fourth-order valence-electron chi connectivity index (χ4n) is 8.05. The van der Waals surface area contributed by atoms with E-state index in [1.807, 2.05) is 6.08 Å². The molecule has 0 spiro atoms. The molecule has 0 aliphatic carbocycles. The summed E-state index contributed by atoms with van der Waals surface area (Å²) in [5, 5.41) is 22.9. The highest BCUT2D eigenvalue weighted by atomic mass is 16.5. The first-order chi connectivity index (χ1) is 28.5. The Hall–Kier alpha value is -1.40. The lowest BCUT2D eigenvalue weighted by Crippen LogP contribution is -2.45. The minimum absolute atomic E-state index is 0.00315. The van der Waals surface area contributed by atoms with E-state index >= 15 is 0 Å². The molecule has 344 valence electrons. The van der Waals surface area contributed by atoms with Crippen LogP contribution in [0.25, 0.3) is 0 Å². The van der Waals surface area contributed by atoms with Crippen LogP contribution in [0.4, 0.5) is 0 Å². The van der Waals surface area contributed by atoms with Crippen LogP contribution < -0.4 is 5.32 Å². The molecule has 3 N–H and O–H groups in total. The second kappa shape index (κ2) is 48.3. The van der Waals surface area contributed by atoms with Crippen LogP contribution in [0.3, 0.4) is 0 Å². The van der Waals surface area contributed by atoms with Crippen LogP contribution in [0.15, 0.2) is 12.2 Å². The van der Waals surface area contributed by atoms with E-state index in [2.05, 4.69) is 19.2 Å². The molecule has 58 heavy (non-hydrogen) atoms. The van der Waals surface area contributed by atoms with E-state index in [-0.39, 0.29) is 18.5 Å². The molecule has 0 aromatic heterocycles. The van der Waals surface area contributed by atoms with Gasteiger partial charge in [-0.05, 0) is 32.1 Å². The molecule has 0 heterocycles. The van der Waals surface area contributed by atoms with Gasteiger partial charge in [0.15, 0.2) is 0 Å². The van der Waals surface area contributed by atoms with E-state index in [0.717, 1.165) is 44.9 Å². The number of esters is 1. The van der Waals surface area contributed by atoms with Crippen molar-refractivity contribution in [1.29, 1.82) is 0 Å². The summed E-state index contributed by atoms with van der Waals surface area (Å²) in [5.74, 6) is -0.0753. The largest absolute Gasteiger partial charge is 0.466 e. The van der Waals surface area contributed by atoms with Gasteiger partial charge in [0.2, 0.25) is 5.91 Å². The lowest BCUT2D eigenvalue weighted by Gasteiger charge is -2.20. The van der Waals surface area contributed by atoms with Crippen molar-refractivity contribution < 1.29 is 24.5 Å². The van der Waals surface area contributed by atoms with Gasteiger partial charge in [-0.3, -0.25) is 9.59 Å². The maximum atomic E-state index is 12.4. The van der Waals surface area contributed by atoms with Crippen LogP contribution in [0, 0.1) is 0 Å². The molecule has 2 atom stereocenters. The summed E-state index contributed by atoms with van der Waals surface area (Å²) in [6.45, 7) is 4.87. The van der Waals surface area contributed by atoms with E-state index in [4.69, 9.17) is 4.74 Å². The van der Waals surface area contributed by atoms with Crippen molar-refractivity contribution in [3.05, 3.63) is 12.2 Å². The Balaban J connectivity index is 3.39. The molecule has 2 unspecified atom stereocenters. The summed E-state index contributed by atoms with van der Waals surface area (Å²) >= 11 is 0. The molecule has 0 aromatic carbocycles. The van der Waals surface area contributed by atoms with Crippen molar-refractivity contribution in [3.8, 4) is 0 Å².